The number of hydrogen-bond acceptors (Lipinski definition) is 6. The number of hydrogen-bond donors (Lipinski definition) is 1. The van der Waals surface area contributed by atoms with Crippen LogP contribution < -0.4 is 9.80 Å². The molecular weight excluding hydrogens is 384 g/mol. The van der Waals surface area contributed by atoms with Gasteiger partial charge in [-0.3, -0.25) is 19.3 Å². The van der Waals surface area contributed by atoms with E-state index >= 15 is 0 Å². The monoisotopic (exact) mass is 396 g/mol. The first-order valence-corrected chi connectivity index (χ1v) is 9.16. The molecular formula is C19H12N2O4S2. The molecule has 0 saturated carbocycles. The number of amides is 3. The highest BCUT2D eigenvalue weighted by atomic mass is 32.2. The zero-order valence-electron chi connectivity index (χ0n) is 14.0. The zero-order valence-corrected chi connectivity index (χ0v) is 15.6. The molecule has 0 radical (unpaired) electrons. The first kappa shape index (κ1) is 17.4. The van der Waals surface area contributed by atoms with Crippen LogP contribution >= 0.6 is 24.0 Å². The van der Waals surface area contributed by atoms with E-state index in [1.54, 1.807) is 36.4 Å². The third kappa shape index (κ3) is 2.65. The fourth-order valence-electron chi connectivity index (χ4n) is 3.12. The number of para-hydroxylation sites is 1. The van der Waals surface area contributed by atoms with Gasteiger partial charge >= 0.3 is 0 Å². The van der Waals surface area contributed by atoms with Crippen LogP contribution in [0.15, 0.2) is 53.4 Å². The van der Waals surface area contributed by atoms with Gasteiger partial charge in [-0.2, -0.15) is 0 Å². The summed E-state index contributed by atoms with van der Waals surface area (Å²) < 4.78 is 0.250. The number of nitrogens with zero attached hydrogens (tertiary/aromatic N) is 2. The van der Waals surface area contributed by atoms with E-state index in [2.05, 4.69) is 0 Å². The molecule has 2 aliphatic heterocycles. The molecule has 0 bridgehead atoms. The van der Waals surface area contributed by atoms with Gasteiger partial charge in [0.15, 0.2) is 4.32 Å². The molecule has 2 aromatic carbocycles. The number of carbonyl (C=O) groups is 3. The van der Waals surface area contributed by atoms with E-state index in [1.807, 2.05) is 0 Å². The standard InChI is InChI=1S/C19H12N2O4S2/c1-10(22)20-14-8-3-2-7-13(14)15(17(20)24)16-18(25)21(19(26)27-16)11-5-4-6-12(23)9-11/h2-9,23H,1H3/b16-15+. The van der Waals surface area contributed by atoms with Crippen LogP contribution in [-0.2, 0) is 14.4 Å². The average molecular weight is 396 g/mol. The zero-order chi connectivity index (χ0) is 19.3. The molecule has 0 spiro atoms. The molecule has 27 heavy (non-hydrogen) atoms. The fraction of sp³-hybridized carbons (Fsp3) is 0.0526. The summed E-state index contributed by atoms with van der Waals surface area (Å²) >= 11 is 6.34. The fourth-order valence-corrected chi connectivity index (χ4v) is 4.49. The van der Waals surface area contributed by atoms with Crippen LogP contribution in [0.3, 0.4) is 0 Å². The van der Waals surface area contributed by atoms with Crippen molar-refractivity contribution in [3.63, 3.8) is 0 Å². The second kappa shape index (κ2) is 6.33. The van der Waals surface area contributed by atoms with Gasteiger partial charge in [0.2, 0.25) is 5.91 Å². The Kier molecular flexibility index (Phi) is 4.09. The molecule has 4 rings (SSSR count). The van der Waals surface area contributed by atoms with Crippen LogP contribution in [0.25, 0.3) is 5.57 Å². The van der Waals surface area contributed by atoms with Gasteiger partial charge < -0.3 is 5.11 Å². The summed E-state index contributed by atoms with van der Waals surface area (Å²) in [6.45, 7) is 1.30. The van der Waals surface area contributed by atoms with E-state index < -0.39 is 17.7 Å². The molecule has 2 heterocycles. The molecule has 1 saturated heterocycles. The highest BCUT2D eigenvalue weighted by Crippen LogP contribution is 2.45. The van der Waals surface area contributed by atoms with Gasteiger partial charge in [0.25, 0.3) is 11.8 Å². The minimum Gasteiger partial charge on any atom is -0.508 e. The van der Waals surface area contributed by atoms with Crippen molar-refractivity contribution < 1.29 is 19.5 Å². The first-order valence-electron chi connectivity index (χ1n) is 7.94. The predicted molar refractivity (Wildman–Crippen MR) is 107 cm³/mol. The summed E-state index contributed by atoms with van der Waals surface area (Å²) in [6, 6.07) is 13.0. The molecule has 1 N–H and O–H groups in total. The summed E-state index contributed by atoms with van der Waals surface area (Å²) in [5.74, 6) is -1.43. The largest absolute Gasteiger partial charge is 0.508 e. The Hall–Kier alpha value is -2.97. The Morgan fingerprint density at radius 2 is 1.81 bits per heavy atom. The number of thiocarbonyl (C=S) groups is 1. The number of thioether (sulfide) groups is 1. The number of fused-ring (bicyclic) bond motifs is 1. The molecule has 2 aliphatic rings. The Balaban J connectivity index is 1.87. The highest BCUT2D eigenvalue weighted by molar-refractivity contribution is 8.27. The number of phenolic OH excluding ortho intramolecular Hbond substituents is 1. The summed E-state index contributed by atoms with van der Waals surface area (Å²) in [4.78, 5) is 40.5. The normalized spacial score (nSPS) is 19.1. The maximum absolute atomic E-state index is 13.1. The van der Waals surface area contributed by atoms with Crippen molar-refractivity contribution in [1.82, 2.24) is 0 Å². The Labute approximate surface area is 164 Å². The quantitative estimate of drug-likeness (QED) is 0.590. The van der Waals surface area contributed by atoms with E-state index in [0.29, 0.717) is 16.9 Å². The third-order valence-electron chi connectivity index (χ3n) is 4.23. The van der Waals surface area contributed by atoms with Crippen molar-refractivity contribution in [2.45, 2.75) is 6.92 Å². The number of phenols is 1. The highest BCUT2D eigenvalue weighted by Gasteiger charge is 2.43. The molecule has 8 heteroatoms. The van der Waals surface area contributed by atoms with Crippen molar-refractivity contribution in [3.05, 3.63) is 59.0 Å². The van der Waals surface area contributed by atoms with Gasteiger partial charge in [-0.25, -0.2) is 4.90 Å². The summed E-state index contributed by atoms with van der Waals surface area (Å²) in [6.07, 6.45) is 0. The molecule has 0 aromatic heterocycles. The number of carbonyl (C=O) groups excluding carboxylic acids is 3. The van der Waals surface area contributed by atoms with E-state index in [-0.39, 0.29) is 20.5 Å². The molecule has 0 unspecified atom stereocenters. The lowest BCUT2D eigenvalue weighted by molar-refractivity contribution is -0.122. The number of anilines is 2. The van der Waals surface area contributed by atoms with Crippen LogP contribution in [0.1, 0.15) is 12.5 Å². The molecule has 1 fully saturated rings. The van der Waals surface area contributed by atoms with Crippen molar-refractivity contribution >= 4 is 63.0 Å². The average Bonchev–Trinajstić information content (AvgIpc) is 3.07. The SMILES string of the molecule is CC(=O)N1C(=O)/C(=C2/SC(=S)N(c3cccc(O)c3)C2=O)c2ccccc21. The van der Waals surface area contributed by atoms with Crippen molar-refractivity contribution in [2.75, 3.05) is 9.80 Å². The van der Waals surface area contributed by atoms with Crippen LogP contribution in [-0.4, -0.2) is 27.1 Å². The van der Waals surface area contributed by atoms with Gasteiger partial charge in [0.1, 0.15) is 5.75 Å². The maximum atomic E-state index is 13.1. The first-order chi connectivity index (χ1) is 12.9. The number of imide groups is 1. The van der Waals surface area contributed by atoms with Crippen LogP contribution in [0.5, 0.6) is 5.75 Å². The Morgan fingerprint density at radius 1 is 1.07 bits per heavy atom. The van der Waals surface area contributed by atoms with E-state index in [9.17, 15) is 19.5 Å². The molecule has 2 aromatic rings. The minimum absolute atomic E-state index is 0.000698. The minimum atomic E-state index is -0.542. The van der Waals surface area contributed by atoms with Crippen LogP contribution in [0.2, 0.25) is 0 Å². The van der Waals surface area contributed by atoms with E-state index in [0.717, 1.165) is 16.7 Å². The van der Waals surface area contributed by atoms with Gasteiger partial charge in [0, 0.05) is 18.6 Å². The Bertz CT molecular complexity index is 1080. The summed E-state index contributed by atoms with van der Waals surface area (Å²) in [7, 11) is 0. The maximum Gasteiger partial charge on any atom is 0.271 e. The molecule has 0 atom stereocenters. The van der Waals surface area contributed by atoms with Gasteiger partial charge in [-0.15, -0.1) is 0 Å². The lowest BCUT2D eigenvalue weighted by Gasteiger charge is -2.14. The molecule has 3 amide bonds. The smallest absolute Gasteiger partial charge is 0.271 e. The molecule has 134 valence electrons. The second-order valence-electron chi connectivity index (χ2n) is 5.91. The van der Waals surface area contributed by atoms with E-state index in [4.69, 9.17) is 12.2 Å². The van der Waals surface area contributed by atoms with Crippen LogP contribution in [0.4, 0.5) is 11.4 Å². The van der Waals surface area contributed by atoms with Gasteiger partial charge in [-0.1, -0.05) is 48.2 Å². The number of benzene rings is 2. The van der Waals surface area contributed by atoms with Gasteiger partial charge in [-0.05, 0) is 18.2 Å². The van der Waals surface area contributed by atoms with Crippen molar-refractivity contribution in [3.8, 4) is 5.75 Å². The third-order valence-corrected chi connectivity index (χ3v) is 5.60. The number of aromatic hydroxyl groups is 1. The van der Waals surface area contributed by atoms with E-state index in [1.165, 1.54) is 24.0 Å². The lowest BCUT2D eigenvalue weighted by Crippen LogP contribution is -2.32. The predicted octanol–water partition coefficient (Wildman–Crippen LogP) is 3.06. The summed E-state index contributed by atoms with van der Waals surface area (Å²) in [5.41, 5.74) is 1.55. The van der Waals surface area contributed by atoms with Crippen LogP contribution in [0, 0.1) is 0 Å². The topological polar surface area (TPSA) is 77.9 Å². The second-order valence-corrected chi connectivity index (χ2v) is 7.55. The number of rotatable bonds is 1. The lowest BCUT2D eigenvalue weighted by atomic mass is 10.1. The van der Waals surface area contributed by atoms with Crippen molar-refractivity contribution in [2.24, 2.45) is 0 Å². The molecule has 6 nitrogen and oxygen atoms in total. The summed E-state index contributed by atoms with van der Waals surface area (Å²) in [5, 5.41) is 9.69. The molecule has 0 aliphatic carbocycles. The van der Waals surface area contributed by atoms with Gasteiger partial charge in [0.05, 0.1) is 21.9 Å². The van der Waals surface area contributed by atoms with Crippen molar-refractivity contribution in [1.29, 1.82) is 0 Å². The Morgan fingerprint density at radius 3 is 2.52 bits per heavy atom.